The minimum atomic E-state index is -0.618. The Morgan fingerprint density at radius 2 is 0.938 bits per heavy atom. The van der Waals surface area contributed by atoms with Crippen LogP contribution in [0.5, 0.6) is 0 Å². The molecule has 0 N–H and O–H groups in total. The van der Waals surface area contributed by atoms with Crippen LogP contribution in [0.15, 0.2) is 224 Å². The molecule has 0 spiro atoms. The Hall–Kier alpha value is -8.12. The van der Waals surface area contributed by atoms with Crippen LogP contribution < -0.4 is 9.80 Å². The highest BCUT2D eigenvalue weighted by atomic mass is 15.1. The van der Waals surface area contributed by atoms with Gasteiger partial charge in [-0.15, -0.1) is 0 Å². The van der Waals surface area contributed by atoms with Gasteiger partial charge in [-0.05, 0) is 159 Å². The molecule has 2 heteroatoms. The van der Waals surface area contributed by atoms with Crippen molar-refractivity contribution in [1.29, 1.82) is 0 Å². The van der Waals surface area contributed by atoms with Crippen molar-refractivity contribution >= 4 is 61.7 Å². The molecular formula is C62H46N2. The van der Waals surface area contributed by atoms with Gasteiger partial charge in [-0.2, -0.15) is 0 Å². The molecule has 11 rings (SSSR count). The van der Waals surface area contributed by atoms with Crippen molar-refractivity contribution in [2.45, 2.75) is 25.7 Å². The summed E-state index contributed by atoms with van der Waals surface area (Å²) in [7, 11) is 0. The normalized spacial score (nSPS) is 12.5. The molecule has 0 amide bonds. The van der Waals surface area contributed by atoms with E-state index in [1.54, 1.807) is 0 Å². The van der Waals surface area contributed by atoms with E-state index in [0.29, 0.717) is 0 Å². The molecule has 10 aromatic carbocycles. The van der Waals surface area contributed by atoms with Gasteiger partial charge in [-0.3, -0.25) is 0 Å². The summed E-state index contributed by atoms with van der Waals surface area (Å²) in [5.74, 6) is 0. The van der Waals surface area contributed by atoms with E-state index in [9.17, 15) is 0 Å². The zero-order chi connectivity index (χ0) is 43.0. The lowest BCUT2D eigenvalue weighted by atomic mass is 9.67. The van der Waals surface area contributed by atoms with Crippen molar-refractivity contribution in [3.63, 3.8) is 0 Å². The third kappa shape index (κ3) is 6.53. The molecule has 64 heavy (non-hydrogen) atoms. The van der Waals surface area contributed by atoms with Gasteiger partial charge in [0.2, 0.25) is 0 Å². The average Bonchev–Trinajstić information content (AvgIpc) is 3.64. The highest BCUT2D eigenvalue weighted by Crippen LogP contribution is 2.58. The third-order valence-electron chi connectivity index (χ3n) is 12.9. The first-order valence-electron chi connectivity index (χ1n) is 22.3. The number of allylic oxidation sites excluding steroid dienone is 1. The van der Waals surface area contributed by atoms with Gasteiger partial charge in [0.25, 0.3) is 0 Å². The van der Waals surface area contributed by atoms with Gasteiger partial charge in [-0.1, -0.05) is 165 Å². The Morgan fingerprint density at radius 3 is 1.58 bits per heavy atom. The Labute approximate surface area is 376 Å². The number of rotatable bonds is 10. The largest absolute Gasteiger partial charge is 0.310 e. The quantitative estimate of drug-likeness (QED) is 0.136. The Kier molecular flexibility index (Phi) is 9.87. The molecule has 0 aromatic heterocycles. The summed E-state index contributed by atoms with van der Waals surface area (Å²) >= 11 is 0. The lowest BCUT2D eigenvalue weighted by Crippen LogP contribution is -2.28. The summed E-state index contributed by atoms with van der Waals surface area (Å²) in [6.45, 7) is 4.27. The molecule has 0 heterocycles. The minimum Gasteiger partial charge on any atom is -0.310 e. The van der Waals surface area contributed by atoms with Gasteiger partial charge in [-0.25, -0.2) is 0 Å². The van der Waals surface area contributed by atoms with Crippen molar-refractivity contribution in [2.24, 2.45) is 0 Å². The maximum atomic E-state index is 3.58. The summed E-state index contributed by atoms with van der Waals surface area (Å²) in [6.07, 6.45) is 5.10. The number of nitrogens with zero attached hydrogens (tertiary/aromatic N) is 2. The topological polar surface area (TPSA) is 6.48 Å². The molecular weight excluding hydrogens is 773 g/mol. The summed E-state index contributed by atoms with van der Waals surface area (Å²) in [4.78, 5) is 4.72. The summed E-state index contributed by atoms with van der Waals surface area (Å²) in [5.41, 5.74) is 15.6. The maximum absolute atomic E-state index is 3.58. The van der Waals surface area contributed by atoms with E-state index in [1.165, 1.54) is 60.5 Å². The van der Waals surface area contributed by atoms with E-state index >= 15 is 0 Å². The predicted octanol–water partition coefficient (Wildman–Crippen LogP) is 16.5. The van der Waals surface area contributed by atoms with E-state index in [0.717, 1.165) is 46.1 Å². The molecule has 2 nitrogen and oxygen atoms in total. The van der Waals surface area contributed by atoms with Crippen molar-refractivity contribution in [1.82, 2.24) is 0 Å². The molecule has 10 aromatic rings. The molecule has 0 saturated carbocycles. The smallest absolute Gasteiger partial charge is 0.0976 e. The van der Waals surface area contributed by atoms with Crippen LogP contribution in [-0.4, -0.2) is 0 Å². The second-order valence-corrected chi connectivity index (χ2v) is 16.6. The molecule has 0 atom stereocenters. The zero-order valence-electron chi connectivity index (χ0n) is 36.0. The predicted molar refractivity (Wildman–Crippen MR) is 270 cm³/mol. The van der Waals surface area contributed by atoms with Gasteiger partial charge >= 0.3 is 0 Å². The highest BCUT2D eigenvalue weighted by Gasteiger charge is 2.46. The van der Waals surface area contributed by atoms with Crippen LogP contribution >= 0.6 is 0 Å². The molecule has 304 valence electrons. The van der Waals surface area contributed by atoms with Crippen LogP contribution in [0.1, 0.15) is 47.2 Å². The van der Waals surface area contributed by atoms with E-state index in [4.69, 9.17) is 0 Å². The van der Waals surface area contributed by atoms with Crippen LogP contribution in [0.2, 0.25) is 0 Å². The van der Waals surface area contributed by atoms with Crippen LogP contribution in [0.3, 0.4) is 0 Å². The molecule has 1 aliphatic rings. The fraction of sp³-hybridized carbons (Fsp3) is 0.0645. The van der Waals surface area contributed by atoms with Gasteiger partial charge < -0.3 is 9.80 Å². The van der Waals surface area contributed by atoms with Crippen LogP contribution in [-0.2, 0) is 11.8 Å². The Balaban J connectivity index is 1.15. The SMILES string of the molecule is CC=Cc1c#cc(N(c2ccccc2)c2ccc3c(c2)C(c2ccccc2)(c2ccccc2)c2cc4cc(N(c5ccccc5)c5ccc6ccccc6c5)ccc4cc2-3)cc1CC. The summed E-state index contributed by atoms with van der Waals surface area (Å²) < 4.78 is 0. The molecule has 0 bridgehead atoms. The number of hydrogen-bond donors (Lipinski definition) is 0. The van der Waals surface area contributed by atoms with Crippen LogP contribution in [0.25, 0.3) is 38.7 Å². The van der Waals surface area contributed by atoms with E-state index in [1.807, 2.05) is 0 Å². The summed E-state index contributed by atoms with van der Waals surface area (Å²) in [5, 5.41) is 4.83. The number of para-hydroxylation sites is 2. The van der Waals surface area contributed by atoms with Crippen LogP contribution in [0, 0.1) is 12.1 Å². The first kappa shape index (κ1) is 38.8. The second-order valence-electron chi connectivity index (χ2n) is 16.6. The number of aryl methyl sites for hydroxylation is 1. The Bertz CT molecular complexity index is 3280. The van der Waals surface area contributed by atoms with Gasteiger partial charge in [0, 0.05) is 34.0 Å². The van der Waals surface area contributed by atoms with E-state index in [2.05, 4.69) is 266 Å². The van der Waals surface area contributed by atoms with Gasteiger partial charge in [0.15, 0.2) is 0 Å². The fourth-order valence-corrected chi connectivity index (χ4v) is 10.0. The zero-order valence-corrected chi connectivity index (χ0v) is 36.0. The van der Waals surface area contributed by atoms with Crippen molar-refractivity contribution in [3.05, 3.63) is 270 Å². The number of anilines is 6. The van der Waals surface area contributed by atoms with E-state index < -0.39 is 5.41 Å². The first-order valence-corrected chi connectivity index (χ1v) is 22.3. The molecule has 0 radical (unpaired) electrons. The lowest BCUT2D eigenvalue weighted by Gasteiger charge is -2.35. The third-order valence-corrected chi connectivity index (χ3v) is 12.9. The maximum Gasteiger partial charge on any atom is 0.0976 e. The minimum absolute atomic E-state index is 0.618. The number of benzene rings is 9. The Morgan fingerprint density at radius 1 is 0.422 bits per heavy atom. The van der Waals surface area contributed by atoms with Gasteiger partial charge in [0.1, 0.15) is 0 Å². The average molecular weight is 819 g/mol. The summed E-state index contributed by atoms with van der Waals surface area (Å²) in [6, 6.07) is 87.2. The molecule has 0 aliphatic heterocycles. The lowest BCUT2D eigenvalue weighted by molar-refractivity contribution is 0.769. The van der Waals surface area contributed by atoms with Crippen LogP contribution in [0.4, 0.5) is 34.1 Å². The van der Waals surface area contributed by atoms with Gasteiger partial charge in [0.05, 0.1) is 11.1 Å². The monoisotopic (exact) mass is 818 g/mol. The number of fused-ring (bicyclic) bond motifs is 5. The van der Waals surface area contributed by atoms with Crippen molar-refractivity contribution in [3.8, 4) is 11.1 Å². The van der Waals surface area contributed by atoms with Crippen molar-refractivity contribution in [2.75, 3.05) is 9.80 Å². The molecule has 0 unspecified atom stereocenters. The molecule has 0 fully saturated rings. The first-order chi connectivity index (χ1) is 31.6. The molecule has 1 aliphatic carbocycles. The van der Waals surface area contributed by atoms with E-state index in [-0.39, 0.29) is 0 Å². The second kappa shape index (κ2) is 16.3. The molecule has 0 saturated heterocycles. The number of hydrogen-bond acceptors (Lipinski definition) is 2. The fourth-order valence-electron chi connectivity index (χ4n) is 10.0. The highest BCUT2D eigenvalue weighted by molar-refractivity contribution is 5.99. The standard InChI is InChI=1S/C62H46N2/c1-3-19-45-30-33-54(38-44(45)4-2)64(53-28-15-8-16-29-53)57-36-37-58-59-41-48-32-35-56(63(52-26-13-7-14-27-52)55-34-31-46-20-17-18-21-47(46)39-55)40-49(48)42-60(59)62(61(58)43-57,50-22-9-5-10-23-50)51-24-11-6-12-25-51/h3,5-29,31-32,34-43H,4H2,1-2H3. The van der Waals surface area contributed by atoms with Crippen molar-refractivity contribution < 1.29 is 0 Å².